The van der Waals surface area contributed by atoms with Gasteiger partial charge in [-0.2, -0.15) is 0 Å². The molecule has 88 valence electrons. The van der Waals surface area contributed by atoms with Gasteiger partial charge in [-0.15, -0.1) is 0 Å². The molecule has 1 aromatic heterocycles. The van der Waals surface area contributed by atoms with Crippen molar-refractivity contribution in [1.82, 2.24) is 4.98 Å². The summed E-state index contributed by atoms with van der Waals surface area (Å²) in [6.07, 6.45) is 3.16. The van der Waals surface area contributed by atoms with E-state index in [-0.39, 0.29) is 0 Å². The number of anilines is 1. The summed E-state index contributed by atoms with van der Waals surface area (Å²) in [6, 6.07) is 4.23. The molecule has 0 radical (unpaired) electrons. The summed E-state index contributed by atoms with van der Waals surface area (Å²) in [7, 11) is 0. The standard InChI is InChI=1S/C13H21N3/c1-10-3-4-13(15-8-10)16-6-5-11(2)12(7-14)9-16/h3-4,8,11-12H,5-7,9,14H2,1-2H3. The van der Waals surface area contributed by atoms with Gasteiger partial charge in [0.1, 0.15) is 5.82 Å². The fourth-order valence-electron chi connectivity index (χ4n) is 2.31. The van der Waals surface area contributed by atoms with Gasteiger partial charge in [0.15, 0.2) is 0 Å². The molecule has 3 nitrogen and oxygen atoms in total. The van der Waals surface area contributed by atoms with Gasteiger partial charge in [0, 0.05) is 19.3 Å². The third-order valence-electron chi connectivity index (χ3n) is 3.64. The minimum Gasteiger partial charge on any atom is -0.356 e. The molecule has 0 amide bonds. The Bertz CT molecular complexity index is 334. The van der Waals surface area contributed by atoms with E-state index in [1.54, 1.807) is 0 Å². The van der Waals surface area contributed by atoms with Gasteiger partial charge in [-0.25, -0.2) is 4.98 Å². The fourth-order valence-corrected chi connectivity index (χ4v) is 2.31. The predicted octanol–water partition coefficient (Wildman–Crippen LogP) is 1.81. The molecule has 3 heteroatoms. The first kappa shape index (κ1) is 11.4. The van der Waals surface area contributed by atoms with Crippen molar-refractivity contribution in [2.45, 2.75) is 20.3 Å². The van der Waals surface area contributed by atoms with Gasteiger partial charge >= 0.3 is 0 Å². The van der Waals surface area contributed by atoms with Crippen molar-refractivity contribution >= 4 is 5.82 Å². The summed E-state index contributed by atoms with van der Waals surface area (Å²) in [4.78, 5) is 6.84. The second-order valence-corrected chi connectivity index (χ2v) is 4.90. The van der Waals surface area contributed by atoms with E-state index < -0.39 is 0 Å². The van der Waals surface area contributed by atoms with Crippen molar-refractivity contribution in [3.8, 4) is 0 Å². The number of nitrogens with two attached hydrogens (primary N) is 1. The summed E-state index contributed by atoms with van der Waals surface area (Å²) in [5.41, 5.74) is 7.02. The van der Waals surface area contributed by atoms with Crippen molar-refractivity contribution in [2.75, 3.05) is 24.5 Å². The van der Waals surface area contributed by atoms with Gasteiger partial charge in [-0.3, -0.25) is 0 Å². The summed E-state index contributed by atoms with van der Waals surface area (Å²) < 4.78 is 0. The van der Waals surface area contributed by atoms with Crippen LogP contribution in [0.5, 0.6) is 0 Å². The largest absolute Gasteiger partial charge is 0.356 e. The Morgan fingerprint density at radius 2 is 2.31 bits per heavy atom. The van der Waals surface area contributed by atoms with Crippen LogP contribution in [0.4, 0.5) is 5.82 Å². The van der Waals surface area contributed by atoms with Gasteiger partial charge < -0.3 is 10.6 Å². The maximum absolute atomic E-state index is 5.81. The van der Waals surface area contributed by atoms with E-state index in [0.717, 1.165) is 31.4 Å². The maximum atomic E-state index is 5.81. The molecule has 2 atom stereocenters. The van der Waals surface area contributed by atoms with E-state index in [9.17, 15) is 0 Å². The molecule has 1 aromatic rings. The van der Waals surface area contributed by atoms with E-state index in [1.165, 1.54) is 12.0 Å². The van der Waals surface area contributed by atoms with Gasteiger partial charge in [-0.05, 0) is 43.4 Å². The number of aryl methyl sites for hydroxylation is 1. The molecule has 2 heterocycles. The average Bonchev–Trinajstić information content (AvgIpc) is 2.31. The van der Waals surface area contributed by atoms with Gasteiger partial charge in [0.05, 0.1) is 0 Å². The molecule has 16 heavy (non-hydrogen) atoms. The molecule has 0 aromatic carbocycles. The van der Waals surface area contributed by atoms with E-state index in [4.69, 9.17) is 5.73 Å². The number of hydrogen-bond donors (Lipinski definition) is 1. The maximum Gasteiger partial charge on any atom is 0.128 e. The second kappa shape index (κ2) is 4.83. The first-order valence-corrected chi connectivity index (χ1v) is 6.08. The number of rotatable bonds is 2. The molecular formula is C13H21N3. The Labute approximate surface area is 97.7 Å². The molecule has 2 N–H and O–H groups in total. The zero-order chi connectivity index (χ0) is 11.5. The molecule has 0 saturated carbocycles. The van der Waals surface area contributed by atoms with E-state index in [0.29, 0.717) is 5.92 Å². The van der Waals surface area contributed by atoms with Crippen molar-refractivity contribution in [2.24, 2.45) is 17.6 Å². The molecule has 2 rings (SSSR count). The van der Waals surface area contributed by atoms with Crippen LogP contribution in [-0.2, 0) is 0 Å². The highest BCUT2D eigenvalue weighted by Gasteiger charge is 2.25. The number of piperidine rings is 1. The van der Waals surface area contributed by atoms with Crippen LogP contribution in [0.25, 0.3) is 0 Å². The third-order valence-corrected chi connectivity index (χ3v) is 3.64. The van der Waals surface area contributed by atoms with Crippen LogP contribution >= 0.6 is 0 Å². The molecule has 2 unspecified atom stereocenters. The normalized spacial score (nSPS) is 25.8. The van der Waals surface area contributed by atoms with Crippen LogP contribution in [0, 0.1) is 18.8 Å². The summed E-state index contributed by atoms with van der Waals surface area (Å²) in [6.45, 7) is 7.31. The first-order chi connectivity index (χ1) is 7.70. The van der Waals surface area contributed by atoms with Crippen LogP contribution in [0.15, 0.2) is 18.3 Å². The van der Waals surface area contributed by atoms with Crippen molar-refractivity contribution in [1.29, 1.82) is 0 Å². The highest BCUT2D eigenvalue weighted by Crippen LogP contribution is 2.25. The van der Waals surface area contributed by atoms with Crippen LogP contribution in [0.2, 0.25) is 0 Å². The van der Waals surface area contributed by atoms with Gasteiger partial charge in [-0.1, -0.05) is 13.0 Å². The average molecular weight is 219 g/mol. The van der Waals surface area contributed by atoms with E-state index in [2.05, 4.69) is 35.9 Å². The molecule has 1 saturated heterocycles. The van der Waals surface area contributed by atoms with E-state index >= 15 is 0 Å². The smallest absolute Gasteiger partial charge is 0.128 e. The summed E-state index contributed by atoms with van der Waals surface area (Å²) in [5.74, 6) is 2.44. The number of nitrogens with zero attached hydrogens (tertiary/aromatic N) is 2. The minimum absolute atomic E-state index is 0.608. The Hall–Kier alpha value is -1.09. The minimum atomic E-state index is 0.608. The van der Waals surface area contributed by atoms with Crippen molar-refractivity contribution in [3.05, 3.63) is 23.9 Å². The first-order valence-electron chi connectivity index (χ1n) is 6.08. The van der Waals surface area contributed by atoms with Gasteiger partial charge in [0.2, 0.25) is 0 Å². The van der Waals surface area contributed by atoms with Crippen molar-refractivity contribution in [3.63, 3.8) is 0 Å². The van der Waals surface area contributed by atoms with Crippen LogP contribution in [-0.4, -0.2) is 24.6 Å². The zero-order valence-electron chi connectivity index (χ0n) is 10.2. The molecule has 1 aliphatic rings. The molecule has 0 spiro atoms. The fraction of sp³-hybridized carbons (Fsp3) is 0.615. The lowest BCUT2D eigenvalue weighted by Gasteiger charge is -2.37. The Kier molecular flexibility index (Phi) is 3.44. The lowest BCUT2D eigenvalue weighted by molar-refractivity contribution is 0.307. The quantitative estimate of drug-likeness (QED) is 0.825. The molecule has 1 aliphatic heterocycles. The highest BCUT2D eigenvalue weighted by atomic mass is 15.2. The lowest BCUT2D eigenvalue weighted by Crippen LogP contribution is -2.43. The summed E-state index contributed by atoms with van der Waals surface area (Å²) in [5, 5.41) is 0. The number of hydrogen-bond acceptors (Lipinski definition) is 3. The summed E-state index contributed by atoms with van der Waals surface area (Å²) >= 11 is 0. The van der Waals surface area contributed by atoms with Gasteiger partial charge in [0.25, 0.3) is 0 Å². The highest BCUT2D eigenvalue weighted by molar-refractivity contribution is 5.39. The topological polar surface area (TPSA) is 42.1 Å². The molecular weight excluding hydrogens is 198 g/mol. The second-order valence-electron chi connectivity index (χ2n) is 4.90. The number of aromatic nitrogens is 1. The van der Waals surface area contributed by atoms with Crippen molar-refractivity contribution < 1.29 is 0 Å². The Morgan fingerprint density at radius 1 is 1.50 bits per heavy atom. The molecule has 0 bridgehead atoms. The molecule has 0 aliphatic carbocycles. The van der Waals surface area contributed by atoms with Crippen LogP contribution in [0.3, 0.4) is 0 Å². The third kappa shape index (κ3) is 2.35. The SMILES string of the molecule is Cc1ccc(N2CCC(C)C(CN)C2)nc1. The number of pyridine rings is 1. The Balaban J connectivity index is 2.08. The monoisotopic (exact) mass is 219 g/mol. The van der Waals surface area contributed by atoms with Crippen LogP contribution < -0.4 is 10.6 Å². The lowest BCUT2D eigenvalue weighted by atomic mass is 9.87. The Morgan fingerprint density at radius 3 is 2.94 bits per heavy atom. The van der Waals surface area contributed by atoms with E-state index in [1.807, 2.05) is 6.20 Å². The zero-order valence-corrected chi connectivity index (χ0v) is 10.2. The predicted molar refractivity (Wildman–Crippen MR) is 67.5 cm³/mol. The van der Waals surface area contributed by atoms with Crippen LogP contribution in [0.1, 0.15) is 18.9 Å². The molecule has 1 fully saturated rings.